The van der Waals surface area contributed by atoms with E-state index in [0.29, 0.717) is 15.6 Å². The van der Waals surface area contributed by atoms with Gasteiger partial charge in [-0.3, -0.25) is 15.1 Å². The van der Waals surface area contributed by atoms with Gasteiger partial charge in [-0.1, -0.05) is 0 Å². The monoisotopic (exact) mass is 336 g/mol. The van der Waals surface area contributed by atoms with Crippen LogP contribution in [0.2, 0.25) is 0 Å². The van der Waals surface area contributed by atoms with Gasteiger partial charge in [0.05, 0.1) is 10.5 Å². The maximum atomic E-state index is 11.8. The predicted octanol–water partition coefficient (Wildman–Crippen LogP) is 3.11. The first-order chi connectivity index (χ1) is 9.56. The molecule has 0 bridgehead atoms. The highest BCUT2D eigenvalue weighted by Gasteiger charge is 2.09. The van der Waals surface area contributed by atoms with Gasteiger partial charge in [0, 0.05) is 29.0 Å². The average Bonchev–Trinajstić information content (AvgIpc) is 2.45. The molecular formula is C13H9BrN2O4. The third-order valence-electron chi connectivity index (χ3n) is 2.46. The molecule has 6 nitrogen and oxygen atoms in total. The molecule has 1 heterocycles. The van der Waals surface area contributed by atoms with Crippen molar-refractivity contribution in [2.24, 2.45) is 0 Å². The highest BCUT2D eigenvalue weighted by Crippen LogP contribution is 2.14. The number of nitrogens with zero attached hydrogens (tertiary/aromatic N) is 2. The van der Waals surface area contributed by atoms with Crippen LogP contribution in [0.3, 0.4) is 0 Å². The number of benzene rings is 1. The predicted molar refractivity (Wildman–Crippen MR) is 74.2 cm³/mol. The van der Waals surface area contributed by atoms with Gasteiger partial charge in [-0.25, -0.2) is 4.79 Å². The summed E-state index contributed by atoms with van der Waals surface area (Å²) >= 11 is 3.21. The van der Waals surface area contributed by atoms with Crippen molar-refractivity contribution in [1.82, 2.24) is 4.98 Å². The van der Waals surface area contributed by atoms with Crippen molar-refractivity contribution >= 4 is 27.6 Å². The molecule has 2 aromatic rings. The van der Waals surface area contributed by atoms with E-state index in [1.807, 2.05) is 0 Å². The Morgan fingerprint density at radius 2 is 2.00 bits per heavy atom. The Hall–Kier alpha value is -2.28. The molecule has 0 amide bonds. The van der Waals surface area contributed by atoms with Gasteiger partial charge in [0.15, 0.2) is 0 Å². The molecule has 102 valence electrons. The van der Waals surface area contributed by atoms with Crippen molar-refractivity contribution in [3.8, 4) is 0 Å². The zero-order valence-electron chi connectivity index (χ0n) is 10.2. The van der Waals surface area contributed by atoms with E-state index in [0.717, 1.165) is 0 Å². The molecule has 1 aromatic carbocycles. The average molecular weight is 337 g/mol. The van der Waals surface area contributed by atoms with E-state index in [1.54, 1.807) is 24.4 Å². The summed E-state index contributed by atoms with van der Waals surface area (Å²) in [6.45, 7) is 0.0450. The number of ether oxygens (including phenoxy) is 1. The maximum Gasteiger partial charge on any atom is 0.340 e. The first kappa shape index (κ1) is 14.1. The summed E-state index contributed by atoms with van der Waals surface area (Å²) in [6, 6.07) is 7.42. The van der Waals surface area contributed by atoms with Crippen LogP contribution >= 0.6 is 15.9 Å². The van der Waals surface area contributed by atoms with Crippen LogP contribution in [-0.4, -0.2) is 15.9 Å². The molecule has 2 rings (SSSR count). The number of pyridine rings is 1. The van der Waals surface area contributed by atoms with Gasteiger partial charge in [0.2, 0.25) is 0 Å². The van der Waals surface area contributed by atoms with Crippen LogP contribution in [-0.2, 0) is 11.3 Å². The lowest BCUT2D eigenvalue weighted by Crippen LogP contribution is -2.05. The van der Waals surface area contributed by atoms with Crippen LogP contribution in [0.1, 0.15) is 15.9 Å². The van der Waals surface area contributed by atoms with E-state index < -0.39 is 10.9 Å². The minimum atomic E-state index is -0.503. The highest BCUT2D eigenvalue weighted by molar-refractivity contribution is 9.10. The lowest BCUT2D eigenvalue weighted by atomic mass is 10.2. The number of esters is 1. The lowest BCUT2D eigenvalue weighted by Gasteiger charge is -2.04. The number of nitro groups is 1. The molecule has 1 aromatic heterocycles. The maximum absolute atomic E-state index is 11.8. The van der Waals surface area contributed by atoms with Crippen LogP contribution in [0.4, 0.5) is 5.69 Å². The summed E-state index contributed by atoms with van der Waals surface area (Å²) in [6.07, 6.45) is 2.97. The second-order valence-electron chi connectivity index (χ2n) is 3.89. The molecule has 0 aliphatic carbocycles. The Balaban J connectivity index is 1.98. The Kier molecular flexibility index (Phi) is 4.41. The number of hydrogen-bond acceptors (Lipinski definition) is 5. The molecule has 0 aliphatic rings. The second-order valence-corrected chi connectivity index (χ2v) is 4.81. The third-order valence-corrected chi connectivity index (χ3v) is 2.89. The molecule has 7 heteroatoms. The quantitative estimate of drug-likeness (QED) is 0.486. The molecular weight excluding hydrogens is 328 g/mol. The van der Waals surface area contributed by atoms with E-state index >= 15 is 0 Å². The molecule has 20 heavy (non-hydrogen) atoms. The first-order valence-corrected chi connectivity index (χ1v) is 6.36. The van der Waals surface area contributed by atoms with Gasteiger partial charge < -0.3 is 4.74 Å². The van der Waals surface area contributed by atoms with Crippen molar-refractivity contribution < 1.29 is 14.5 Å². The fourth-order valence-corrected chi connectivity index (χ4v) is 1.83. The second kappa shape index (κ2) is 6.25. The summed E-state index contributed by atoms with van der Waals surface area (Å²) in [5.41, 5.74) is 1.00. The minimum Gasteiger partial charge on any atom is -0.457 e. The number of rotatable bonds is 4. The number of carbonyl (C=O) groups is 1. The highest BCUT2D eigenvalue weighted by atomic mass is 79.9. The van der Waals surface area contributed by atoms with Crippen LogP contribution in [0.5, 0.6) is 0 Å². The molecule has 0 spiro atoms. The van der Waals surface area contributed by atoms with Crippen LogP contribution in [0.25, 0.3) is 0 Å². The lowest BCUT2D eigenvalue weighted by molar-refractivity contribution is -0.384. The fourth-order valence-electron chi connectivity index (χ4n) is 1.47. The summed E-state index contributed by atoms with van der Waals surface area (Å²) in [5.74, 6) is -0.503. The van der Waals surface area contributed by atoms with E-state index in [9.17, 15) is 14.9 Å². The van der Waals surface area contributed by atoms with Gasteiger partial charge in [0.25, 0.3) is 5.69 Å². The third kappa shape index (κ3) is 3.61. The molecule has 0 N–H and O–H groups in total. The van der Waals surface area contributed by atoms with Gasteiger partial charge >= 0.3 is 5.97 Å². The smallest absolute Gasteiger partial charge is 0.340 e. The van der Waals surface area contributed by atoms with E-state index in [1.165, 1.54) is 18.3 Å². The van der Waals surface area contributed by atoms with Crippen molar-refractivity contribution in [3.63, 3.8) is 0 Å². The van der Waals surface area contributed by atoms with Crippen LogP contribution in [0, 0.1) is 10.1 Å². The number of non-ortho nitro benzene ring substituents is 1. The van der Waals surface area contributed by atoms with Crippen molar-refractivity contribution in [2.45, 2.75) is 6.61 Å². The zero-order chi connectivity index (χ0) is 14.5. The zero-order valence-corrected chi connectivity index (χ0v) is 11.7. The fraction of sp³-hybridized carbons (Fsp3) is 0.0769. The van der Waals surface area contributed by atoms with E-state index in [2.05, 4.69) is 20.9 Å². The van der Waals surface area contributed by atoms with Gasteiger partial charge in [-0.05, 0) is 39.7 Å². The molecule has 0 saturated heterocycles. The topological polar surface area (TPSA) is 82.3 Å². The number of carbonyl (C=O) groups excluding carboxylic acids is 1. The Bertz CT molecular complexity index is 643. The molecule has 0 atom stereocenters. The standard InChI is InChI=1S/C13H9BrN2O4/c14-11-5-10(6-15-7-11)13(17)20-8-9-1-3-12(4-2-9)16(18)19/h1-7H,8H2. The largest absolute Gasteiger partial charge is 0.457 e. The summed E-state index contributed by atoms with van der Waals surface area (Å²) < 4.78 is 5.78. The van der Waals surface area contributed by atoms with Crippen molar-refractivity contribution in [2.75, 3.05) is 0 Å². The minimum absolute atomic E-state index is 0.00346. The van der Waals surface area contributed by atoms with Crippen LogP contribution in [0.15, 0.2) is 47.2 Å². The SMILES string of the molecule is O=C(OCc1ccc([N+](=O)[O-])cc1)c1cncc(Br)c1. The van der Waals surface area contributed by atoms with Gasteiger partial charge in [0.1, 0.15) is 6.61 Å². The van der Waals surface area contributed by atoms with E-state index in [-0.39, 0.29) is 12.3 Å². The van der Waals surface area contributed by atoms with Crippen molar-refractivity contribution in [1.29, 1.82) is 0 Å². The molecule has 0 saturated carbocycles. The molecule has 0 unspecified atom stereocenters. The Labute approximate surface area is 122 Å². The number of aromatic nitrogens is 1. The number of hydrogen-bond donors (Lipinski definition) is 0. The van der Waals surface area contributed by atoms with E-state index in [4.69, 9.17) is 4.74 Å². The normalized spacial score (nSPS) is 10.1. The molecule has 0 fully saturated rings. The summed E-state index contributed by atoms with van der Waals surface area (Å²) in [4.78, 5) is 25.6. The molecule has 0 radical (unpaired) electrons. The van der Waals surface area contributed by atoms with Gasteiger partial charge in [-0.15, -0.1) is 0 Å². The first-order valence-electron chi connectivity index (χ1n) is 5.57. The van der Waals surface area contributed by atoms with Crippen molar-refractivity contribution in [3.05, 3.63) is 68.4 Å². The Morgan fingerprint density at radius 1 is 1.30 bits per heavy atom. The summed E-state index contributed by atoms with van der Waals surface area (Å²) in [5, 5.41) is 10.5. The number of halogens is 1. The summed E-state index contributed by atoms with van der Waals surface area (Å²) in [7, 11) is 0. The number of nitro benzene ring substituents is 1. The van der Waals surface area contributed by atoms with Gasteiger partial charge in [-0.2, -0.15) is 0 Å². The van der Waals surface area contributed by atoms with Crippen LogP contribution < -0.4 is 0 Å². The Morgan fingerprint density at radius 3 is 2.60 bits per heavy atom. The molecule has 0 aliphatic heterocycles.